The number of rotatable bonds is 6. The lowest BCUT2D eigenvalue weighted by Crippen LogP contribution is -2.34. The van der Waals surface area contributed by atoms with Crippen molar-refractivity contribution in [1.29, 1.82) is 0 Å². The summed E-state index contributed by atoms with van der Waals surface area (Å²) in [6.07, 6.45) is 3.68. The Balaban J connectivity index is 1.91. The van der Waals surface area contributed by atoms with Crippen molar-refractivity contribution >= 4 is 5.91 Å². The van der Waals surface area contributed by atoms with Crippen molar-refractivity contribution in [2.24, 2.45) is 0 Å². The number of nitrogens with one attached hydrogen (secondary N) is 1. The van der Waals surface area contributed by atoms with Gasteiger partial charge in [-0.25, -0.2) is 0 Å². The predicted octanol–water partition coefficient (Wildman–Crippen LogP) is 2.71. The molecule has 0 spiro atoms. The molecule has 1 aromatic carbocycles. The van der Waals surface area contributed by atoms with E-state index in [4.69, 9.17) is 4.74 Å². The monoisotopic (exact) mass is 291 g/mol. The fraction of sp³-hybridized carbons (Fsp3) is 0.588. The zero-order valence-corrected chi connectivity index (χ0v) is 12.9. The van der Waals surface area contributed by atoms with Crippen LogP contribution in [0, 0.1) is 6.92 Å². The number of ether oxygens (including phenoxy) is 1. The molecule has 116 valence electrons. The molecule has 0 bridgehead atoms. The van der Waals surface area contributed by atoms with Crippen LogP contribution in [0.2, 0.25) is 0 Å². The van der Waals surface area contributed by atoms with E-state index in [9.17, 15) is 9.90 Å². The van der Waals surface area contributed by atoms with Crippen LogP contribution in [0.1, 0.15) is 50.2 Å². The quantitative estimate of drug-likeness (QED) is 0.847. The molecule has 1 fully saturated rings. The summed E-state index contributed by atoms with van der Waals surface area (Å²) in [5.41, 5.74) is 1.31. The minimum Gasteiger partial charge on any atom is -0.494 e. The van der Waals surface area contributed by atoms with E-state index in [0.717, 1.165) is 42.6 Å². The van der Waals surface area contributed by atoms with Gasteiger partial charge < -0.3 is 15.2 Å². The van der Waals surface area contributed by atoms with E-state index in [2.05, 4.69) is 5.32 Å². The molecule has 1 saturated carbocycles. The molecule has 1 amide bonds. The molecule has 0 aliphatic heterocycles. The number of hydrogen-bond donors (Lipinski definition) is 2. The van der Waals surface area contributed by atoms with Gasteiger partial charge in [-0.3, -0.25) is 4.79 Å². The Kier molecular flexibility index (Phi) is 5.23. The summed E-state index contributed by atoms with van der Waals surface area (Å²) in [5.74, 6) is 0.722. The van der Waals surface area contributed by atoms with Gasteiger partial charge in [0.25, 0.3) is 0 Å². The summed E-state index contributed by atoms with van der Waals surface area (Å²) in [6.45, 7) is 5.00. The Morgan fingerprint density at radius 1 is 1.38 bits per heavy atom. The van der Waals surface area contributed by atoms with Gasteiger partial charge in [0.2, 0.25) is 5.91 Å². The van der Waals surface area contributed by atoms with Crippen molar-refractivity contribution in [3.63, 3.8) is 0 Å². The Bertz CT molecular complexity index is 493. The van der Waals surface area contributed by atoms with E-state index in [1.165, 1.54) is 0 Å². The van der Waals surface area contributed by atoms with E-state index in [-0.39, 0.29) is 12.3 Å². The second kappa shape index (κ2) is 6.94. The smallest absolute Gasteiger partial charge is 0.223 e. The van der Waals surface area contributed by atoms with Crippen LogP contribution in [0.4, 0.5) is 0 Å². The van der Waals surface area contributed by atoms with Gasteiger partial charge in [0.15, 0.2) is 0 Å². The Morgan fingerprint density at radius 2 is 2.10 bits per heavy atom. The zero-order chi connectivity index (χ0) is 15.3. The zero-order valence-electron chi connectivity index (χ0n) is 12.9. The first kappa shape index (κ1) is 15.8. The van der Waals surface area contributed by atoms with Crippen LogP contribution in [-0.4, -0.2) is 23.2 Å². The van der Waals surface area contributed by atoms with Crippen LogP contribution in [-0.2, 0) is 11.3 Å². The summed E-state index contributed by atoms with van der Waals surface area (Å²) >= 11 is 0. The summed E-state index contributed by atoms with van der Waals surface area (Å²) in [4.78, 5) is 12.0. The number of carbonyl (C=O) groups excluding carboxylic acids is 1. The normalized spacial score (nSPS) is 16.7. The first-order valence-corrected chi connectivity index (χ1v) is 7.74. The average molecular weight is 291 g/mol. The molecular formula is C17H25NO3. The van der Waals surface area contributed by atoms with Gasteiger partial charge in [-0.1, -0.05) is 25.0 Å². The molecule has 1 aromatic rings. The van der Waals surface area contributed by atoms with Crippen molar-refractivity contribution in [2.75, 3.05) is 6.61 Å². The van der Waals surface area contributed by atoms with Gasteiger partial charge in [0, 0.05) is 12.1 Å². The molecule has 1 aliphatic carbocycles. The van der Waals surface area contributed by atoms with E-state index in [0.29, 0.717) is 13.2 Å². The lowest BCUT2D eigenvalue weighted by atomic mass is 9.97. The highest BCUT2D eigenvalue weighted by molar-refractivity contribution is 5.77. The Morgan fingerprint density at radius 3 is 2.76 bits per heavy atom. The van der Waals surface area contributed by atoms with E-state index >= 15 is 0 Å². The van der Waals surface area contributed by atoms with Gasteiger partial charge >= 0.3 is 0 Å². The van der Waals surface area contributed by atoms with Crippen LogP contribution in [0.5, 0.6) is 5.75 Å². The standard InChI is InChI=1S/C17H25NO3/c1-3-21-15-10-13(2)6-7-14(15)12-18-16(19)11-17(20)8-4-5-9-17/h6-7,10,20H,3-5,8-9,11-12H2,1-2H3,(H,18,19). The number of benzene rings is 1. The SMILES string of the molecule is CCOc1cc(C)ccc1CNC(=O)CC1(O)CCCC1. The third kappa shape index (κ3) is 4.46. The van der Waals surface area contributed by atoms with E-state index < -0.39 is 5.60 Å². The summed E-state index contributed by atoms with van der Waals surface area (Å²) in [5, 5.41) is 13.1. The second-order valence-corrected chi connectivity index (χ2v) is 5.93. The Hall–Kier alpha value is -1.55. The fourth-order valence-electron chi connectivity index (χ4n) is 2.86. The lowest BCUT2D eigenvalue weighted by molar-refractivity contribution is -0.126. The Labute approximate surface area is 126 Å². The third-order valence-electron chi connectivity index (χ3n) is 4.02. The molecule has 0 atom stereocenters. The second-order valence-electron chi connectivity index (χ2n) is 5.93. The van der Waals surface area contributed by atoms with Gasteiger partial charge in [-0.2, -0.15) is 0 Å². The molecule has 2 N–H and O–H groups in total. The molecule has 1 aliphatic rings. The predicted molar refractivity (Wildman–Crippen MR) is 82.2 cm³/mol. The highest BCUT2D eigenvalue weighted by Crippen LogP contribution is 2.32. The number of aliphatic hydroxyl groups is 1. The third-order valence-corrected chi connectivity index (χ3v) is 4.02. The molecule has 21 heavy (non-hydrogen) atoms. The van der Waals surface area contributed by atoms with E-state index in [1.807, 2.05) is 32.0 Å². The van der Waals surface area contributed by atoms with Crippen LogP contribution in [0.15, 0.2) is 18.2 Å². The molecule has 4 nitrogen and oxygen atoms in total. The maximum absolute atomic E-state index is 12.0. The molecule has 4 heteroatoms. The van der Waals surface area contributed by atoms with Gasteiger partial charge in [0.05, 0.1) is 18.6 Å². The minimum absolute atomic E-state index is 0.0950. The topological polar surface area (TPSA) is 58.6 Å². The maximum Gasteiger partial charge on any atom is 0.223 e. The maximum atomic E-state index is 12.0. The largest absolute Gasteiger partial charge is 0.494 e. The summed E-state index contributed by atoms with van der Waals surface area (Å²) < 4.78 is 5.60. The first-order chi connectivity index (χ1) is 10.0. The van der Waals surface area contributed by atoms with Gasteiger partial charge in [0.1, 0.15) is 5.75 Å². The van der Waals surface area contributed by atoms with Crippen molar-refractivity contribution in [3.8, 4) is 5.75 Å². The molecular weight excluding hydrogens is 266 g/mol. The number of hydrogen-bond acceptors (Lipinski definition) is 3. The first-order valence-electron chi connectivity index (χ1n) is 7.74. The number of carbonyl (C=O) groups is 1. The van der Waals surface area contributed by atoms with Crippen LogP contribution in [0.3, 0.4) is 0 Å². The van der Waals surface area contributed by atoms with E-state index in [1.54, 1.807) is 0 Å². The van der Waals surface area contributed by atoms with Gasteiger partial charge in [-0.05, 0) is 38.3 Å². The summed E-state index contributed by atoms with van der Waals surface area (Å²) in [7, 11) is 0. The van der Waals surface area contributed by atoms with Crippen LogP contribution in [0.25, 0.3) is 0 Å². The van der Waals surface area contributed by atoms with Crippen LogP contribution >= 0.6 is 0 Å². The highest BCUT2D eigenvalue weighted by atomic mass is 16.5. The van der Waals surface area contributed by atoms with Crippen molar-refractivity contribution in [1.82, 2.24) is 5.32 Å². The van der Waals surface area contributed by atoms with Crippen LogP contribution < -0.4 is 10.1 Å². The van der Waals surface area contributed by atoms with Crippen molar-refractivity contribution in [3.05, 3.63) is 29.3 Å². The molecule has 0 unspecified atom stereocenters. The molecule has 0 heterocycles. The fourth-order valence-corrected chi connectivity index (χ4v) is 2.86. The van der Waals surface area contributed by atoms with Gasteiger partial charge in [-0.15, -0.1) is 0 Å². The summed E-state index contributed by atoms with van der Waals surface area (Å²) in [6, 6.07) is 5.97. The lowest BCUT2D eigenvalue weighted by Gasteiger charge is -2.21. The molecule has 0 aromatic heterocycles. The highest BCUT2D eigenvalue weighted by Gasteiger charge is 2.33. The average Bonchev–Trinajstić information content (AvgIpc) is 2.84. The minimum atomic E-state index is -0.792. The molecule has 0 radical (unpaired) electrons. The molecule has 0 saturated heterocycles. The van der Waals surface area contributed by atoms with Crippen molar-refractivity contribution in [2.45, 2.75) is 58.1 Å². The number of aryl methyl sites for hydroxylation is 1. The van der Waals surface area contributed by atoms with Crippen molar-refractivity contribution < 1.29 is 14.6 Å². The molecule has 2 rings (SSSR count). The number of amides is 1.